The fourth-order valence-corrected chi connectivity index (χ4v) is 1.41. The highest BCUT2D eigenvalue weighted by atomic mass is 16.3. The summed E-state index contributed by atoms with van der Waals surface area (Å²) in [6.45, 7) is 4.46. The molecule has 0 aliphatic rings. The Balaban J connectivity index is 3.01. The normalized spacial score (nSPS) is 10.9. The van der Waals surface area contributed by atoms with Crippen LogP contribution in [0, 0.1) is 0 Å². The van der Waals surface area contributed by atoms with Crippen molar-refractivity contribution in [3.63, 3.8) is 0 Å². The Morgan fingerprint density at radius 3 is 2.56 bits per heavy atom. The van der Waals surface area contributed by atoms with E-state index in [4.69, 9.17) is 5.11 Å². The molecule has 0 saturated heterocycles. The summed E-state index contributed by atoms with van der Waals surface area (Å²) < 4.78 is 0. The zero-order chi connectivity index (χ0) is 12.1. The zero-order valence-electron chi connectivity index (χ0n) is 10.0. The first-order chi connectivity index (χ1) is 7.60. The van der Waals surface area contributed by atoms with E-state index in [1.54, 1.807) is 6.20 Å². The van der Waals surface area contributed by atoms with E-state index in [1.165, 1.54) is 0 Å². The fraction of sp³-hybridized carbons (Fsp3) is 0.636. The number of anilines is 1. The minimum absolute atomic E-state index is 0.0628. The quantitative estimate of drug-likeness (QED) is 0.764. The third kappa shape index (κ3) is 2.90. The Labute approximate surface area is 95.8 Å². The molecule has 0 amide bonds. The fourth-order valence-electron chi connectivity index (χ4n) is 1.41. The molecule has 0 radical (unpaired) electrons. The van der Waals surface area contributed by atoms with Gasteiger partial charge in [-0.05, 0) is 0 Å². The van der Waals surface area contributed by atoms with Crippen molar-refractivity contribution in [1.82, 2.24) is 9.97 Å². The van der Waals surface area contributed by atoms with Crippen molar-refractivity contribution >= 4 is 5.69 Å². The number of hydrogen-bond acceptors (Lipinski definition) is 5. The molecule has 0 fully saturated rings. The van der Waals surface area contributed by atoms with Crippen molar-refractivity contribution in [3.8, 4) is 0 Å². The molecular weight excluding hydrogens is 206 g/mol. The summed E-state index contributed by atoms with van der Waals surface area (Å²) in [6, 6.07) is 0. The first-order valence-corrected chi connectivity index (χ1v) is 5.38. The molecule has 1 aromatic heterocycles. The van der Waals surface area contributed by atoms with Gasteiger partial charge in [-0.3, -0.25) is 0 Å². The first-order valence-electron chi connectivity index (χ1n) is 5.38. The summed E-state index contributed by atoms with van der Waals surface area (Å²) >= 11 is 0. The monoisotopic (exact) mass is 225 g/mol. The molecule has 0 spiro atoms. The van der Waals surface area contributed by atoms with Crippen LogP contribution in [0.25, 0.3) is 0 Å². The van der Waals surface area contributed by atoms with E-state index in [0.717, 1.165) is 11.5 Å². The number of hydrogen-bond donors (Lipinski definition) is 2. The third-order valence-electron chi connectivity index (χ3n) is 2.38. The van der Waals surface area contributed by atoms with Crippen molar-refractivity contribution in [2.45, 2.75) is 26.4 Å². The van der Waals surface area contributed by atoms with Gasteiger partial charge in [0.15, 0.2) is 0 Å². The maximum absolute atomic E-state index is 9.26. The standard InChI is InChI=1S/C11H19N3O2/c1-8(2)11-12-6-10(9(7-16)13-11)14(3)4-5-15/h6,8,15-16H,4-5,7H2,1-3H3. The van der Waals surface area contributed by atoms with E-state index in [0.29, 0.717) is 12.2 Å². The Morgan fingerprint density at radius 2 is 2.06 bits per heavy atom. The molecule has 1 aromatic rings. The summed E-state index contributed by atoms with van der Waals surface area (Å²) in [5, 5.41) is 18.1. The summed E-state index contributed by atoms with van der Waals surface area (Å²) in [4.78, 5) is 10.4. The molecule has 2 N–H and O–H groups in total. The number of rotatable bonds is 5. The molecule has 90 valence electrons. The molecule has 0 aromatic carbocycles. The lowest BCUT2D eigenvalue weighted by Crippen LogP contribution is -2.23. The summed E-state index contributed by atoms with van der Waals surface area (Å²) in [5.74, 6) is 0.965. The van der Waals surface area contributed by atoms with Crippen LogP contribution in [0.4, 0.5) is 5.69 Å². The molecule has 0 aliphatic carbocycles. The van der Waals surface area contributed by atoms with Crippen LogP contribution < -0.4 is 4.90 Å². The molecule has 0 saturated carbocycles. The molecule has 5 heteroatoms. The molecule has 1 rings (SSSR count). The van der Waals surface area contributed by atoms with Crippen LogP contribution in [0.1, 0.15) is 31.3 Å². The van der Waals surface area contributed by atoms with Gasteiger partial charge in [-0.15, -0.1) is 0 Å². The average Bonchev–Trinajstić information content (AvgIpc) is 2.28. The van der Waals surface area contributed by atoms with Gasteiger partial charge >= 0.3 is 0 Å². The maximum atomic E-state index is 9.26. The van der Waals surface area contributed by atoms with Crippen molar-refractivity contribution in [3.05, 3.63) is 17.7 Å². The molecule has 0 atom stereocenters. The lowest BCUT2D eigenvalue weighted by Gasteiger charge is -2.20. The van der Waals surface area contributed by atoms with Crippen LogP contribution in [0.5, 0.6) is 0 Å². The van der Waals surface area contributed by atoms with Gasteiger partial charge in [0, 0.05) is 19.5 Å². The third-order valence-corrected chi connectivity index (χ3v) is 2.38. The Bertz CT molecular complexity index is 342. The molecule has 0 bridgehead atoms. The highest BCUT2D eigenvalue weighted by Gasteiger charge is 2.11. The van der Waals surface area contributed by atoms with Gasteiger partial charge in [0.2, 0.25) is 0 Å². The summed E-state index contributed by atoms with van der Waals surface area (Å²) in [7, 11) is 1.84. The second-order valence-corrected chi connectivity index (χ2v) is 4.02. The van der Waals surface area contributed by atoms with Gasteiger partial charge in [-0.25, -0.2) is 9.97 Å². The zero-order valence-corrected chi connectivity index (χ0v) is 10.0. The van der Waals surface area contributed by atoms with E-state index in [1.807, 2.05) is 25.8 Å². The molecule has 5 nitrogen and oxygen atoms in total. The van der Waals surface area contributed by atoms with Crippen LogP contribution in [-0.4, -0.2) is 40.4 Å². The topological polar surface area (TPSA) is 69.5 Å². The molecule has 16 heavy (non-hydrogen) atoms. The van der Waals surface area contributed by atoms with Crippen LogP contribution in [0.3, 0.4) is 0 Å². The highest BCUT2D eigenvalue weighted by molar-refractivity contribution is 5.48. The number of nitrogens with zero attached hydrogens (tertiary/aromatic N) is 3. The van der Waals surface area contributed by atoms with Gasteiger partial charge in [0.1, 0.15) is 5.82 Å². The second-order valence-electron chi connectivity index (χ2n) is 4.02. The average molecular weight is 225 g/mol. The minimum Gasteiger partial charge on any atom is -0.395 e. The Hall–Kier alpha value is -1.20. The van der Waals surface area contributed by atoms with Gasteiger partial charge in [0.05, 0.1) is 30.8 Å². The summed E-state index contributed by atoms with van der Waals surface area (Å²) in [5.41, 5.74) is 1.37. The van der Waals surface area contributed by atoms with Crippen molar-refractivity contribution in [1.29, 1.82) is 0 Å². The molecular formula is C11H19N3O2. The van der Waals surface area contributed by atoms with E-state index in [2.05, 4.69) is 9.97 Å². The number of aliphatic hydroxyl groups is 2. The number of likely N-dealkylation sites (N-methyl/N-ethyl adjacent to an activating group) is 1. The number of aromatic nitrogens is 2. The molecule has 1 heterocycles. The lowest BCUT2D eigenvalue weighted by atomic mass is 10.2. The van der Waals surface area contributed by atoms with E-state index >= 15 is 0 Å². The van der Waals surface area contributed by atoms with Crippen LogP contribution >= 0.6 is 0 Å². The Morgan fingerprint density at radius 1 is 1.38 bits per heavy atom. The largest absolute Gasteiger partial charge is 0.395 e. The second kappa shape index (κ2) is 5.77. The van der Waals surface area contributed by atoms with Crippen molar-refractivity contribution < 1.29 is 10.2 Å². The minimum atomic E-state index is -0.118. The van der Waals surface area contributed by atoms with Gasteiger partial charge in [0.25, 0.3) is 0 Å². The van der Waals surface area contributed by atoms with E-state index in [-0.39, 0.29) is 19.1 Å². The van der Waals surface area contributed by atoms with Crippen molar-refractivity contribution in [2.75, 3.05) is 25.1 Å². The number of aliphatic hydroxyl groups excluding tert-OH is 2. The van der Waals surface area contributed by atoms with Crippen LogP contribution in [0.2, 0.25) is 0 Å². The predicted molar refractivity (Wildman–Crippen MR) is 62.4 cm³/mol. The lowest BCUT2D eigenvalue weighted by molar-refractivity contribution is 0.275. The van der Waals surface area contributed by atoms with E-state index in [9.17, 15) is 5.11 Å². The van der Waals surface area contributed by atoms with Crippen LogP contribution in [-0.2, 0) is 6.61 Å². The smallest absolute Gasteiger partial charge is 0.131 e. The van der Waals surface area contributed by atoms with Gasteiger partial charge < -0.3 is 15.1 Å². The van der Waals surface area contributed by atoms with Gasteiger partial charge in [-0.1, -0.05) is 13.8 Å². The maximum Gasteiger partial charge on any atom is 0.131 e. The predicted octanol–water partition coefficient (Wildman–Crippen LogP) is 0.521. The SMILES string of the molecule is CC(C)c1ncc(N(C)CCO)c(CO)n1. The summed E-state index contributed by atoms with van der Waals surface area (Å²) in [6.07, 6.45) is 1.70. The highest BCUT2D eigenvalue weighted by Crippen LogP contribution is 2.19. The first kappa shape index (κ1) is 12.9. The van der Waals surface area contributed by atoms with Crippen molar-refractivity contribution in [2.24, 2.45) is 0 Å². The van der Waals surface area contributed by atoms with Gasteiger partial charge in [-0.2, -0.15) is 0 Å². The van der Waals surface area contributed by atoms with E-state index < -0.39 is 0 Å². The molecule has 0 aliphatic heterocycles. The Kier molecular flexibility index (Phi) is 4.64. The van der Waals surface area contributed by atoms with Crippen LogP contribution in [0.15, 0.2) is 6.20 Å². The molecule has 0 unspecified atom stereocenters.